The molecule has 4 rings (SSSR count). The first kappa shape index (κ1) is 19.5. The molecule has 4 aromatic rings. The summed E-state index contributed by atoms with van der Waals surface area (Å²) in [6.07, 6.45) is -0.301. The van der Waals surface area contributed by atoms with Gasteiger partial charge >= 0.3 is 5.97 Å². The fraction of sp³-hybridized carbons (Fsp3) is 0.227. The number of hydrogen-bond donors (Lipinski definition) is 1. The van der Waals surface area contributed by atoms with E-state index in [4.69, 9.17) is 24.9 Å². The molecule has 2 aromatic heterocycles. The number of nitrogen functional groups attached to an aromatic ring is 1. The summed E-state index contributed by atoms with van der Waals surface area (Å²) in [5.74, 6) is 0.748. The number of rotatable bonds is 5. The Bertz CT molecular complexity index is 1260. The maximum absolute atomic E-state index is 12.9. The Labute approximate surface area is 173 Å². The Kier molecular flexibility index (Phi) is 4.91. The molecule has 154 valence electrons. The van der Waals surface area contributed by atoms with Gasteiger partial charge in [0.2, 0.25) is 0 Å². The minimum atomic E-state index is -0.545. The van der Waals surface area contributed by atoms with Gasteiger partial charge in [-0.1, -0.05) is 12.1 Å². The van der Waals surface area contributed by atoms with Crippen LogP contribution in [0.2, 0.25) is 0 Å². The molecule has 0 aliphatic rings. The molecule has 0 radical (unpaired) electrons. The molecule has 0 saturated carbocycles. The molecule has 0 fully saturated rings. The van der Waals surface area contributed by atoms with Crippen LogP contribution in [0.25, 0.3) is 27.9 Å². The summed E-state index contributed by atoms with van der Waals surface area (Å²) in [5, 5.41) is 0. The van der Waals surface area contributed by atoms with Crippen LogP contribution < -0.4 is 15.2 Å². The zero-order valence-corrected chi connectivity index (χ0v) is 17.2. The third kappa shape index (κ3) is 3.16. The number of para-hydroxylation sites is 2. The van der Waals surface area contributed by atoms with Crippen molar-refractivity contribution in [3.05, 3.63) is 48.0 Å². The molecule has 0 saturated heterocycles. The lowest BCUT2D eigenvalue weighted by Crippen LogP contribution is -2.13. The topological polar surface area (TPSA) is 101 Å². The molecule has 2 N–H and O–H groups in total. The second kappa shape index (κ2) is 7.55. The number of methoxy groups -OCH3 is 2. The maximum atomic E-state index is 12.9. The normalized spacial score (nSPS) is 11.2. The number of aromatic nitrogens is 3. The maximum Gasteiger partial charge on any atom is 0.344 e. The number of anilines is 1. The summed E-state index contributed by atoms with van der Waals surface area (Å²) >= 11 is 0. The van der Waals surface area contributed by atoms with Crippen molar-refractivity contribution in [2.45, 2.75) is 20.0 Å². The first-order valence-electron chi connectivity index (χ1n) is 9.44. The van der Waals surface area contributed by atoms with E-state index in [9.17, 15) is 4.79 Å². The van der Waals surface area contributed by atoms with Crippen LogP contribution >= 0.6 is 0 Å². The van der Waals surface area contributed by atoms with Crippen molar-refractivity contribution >= 4 is 34.0 Å². The van der Waals surface area contributed by atoms with Gasteiger partial charge in [0, 0.05) is 6.07 Å². The summed E-state index contributed by atoms with van der Waals surface area (Å²) in [6.45, 7) is 3.56. The number of nitrogens with two attached hydrogens (primary N) is 1. The highest BCUT2D eigenvalue weighted by atomic mass is 16.5. The summed E-state index contributed by atoms with van der Waals surface area (Å²) in [7, 11) is 3.12. The Morgan fingerprint density at radius 1 is 1.00 bits per heavy atom. The number of carbonyl (C=O) groups is 1. The number of nitrogens with zero attached hydrogens (tertiary/aromatic N) is 3. The molecule has 0 amide bonds. The molecule has 0 spiro atoms. The Morgan fingerprint density at radius 2 is 1.67 bits per heavy atom. The van der Waals surface area contributed by atoms with Crippen molar-refractivity contribution in [3.8, 4) is 17.2 Å². The average Bonchev–Trinajstić information content (AvgIpc) is 3.01. The molecule has 0 aliphatic carbocycles. The van der Waals surface area contributed by atoms with Gasteiger partial charge in [0.25, 0.3) is 0 Å². The van der Waals surface area contributed by atoms with Crippen LogP contribution in [0.3, 0.4) is 0 Å². The highest BCUT2D eigenvalue weighted by molar-refractivity contribution is 6.09. The van der Waals surface area contributed by atoms with Gasteiger partial charge in [-0.15, -0.1) is 0 Å². The van der Waals surface area contributed by atoms with Crippen molar-refractivity contribution in [2.24, 2.45) is 0 Å². The van der Waals surface area contributed by atoms with Gasteiger partial charge in [-0.2, -0.15) is 0 Å². The molecule has 2 aromatic carbocycles. The summed E-state index contributed by atoms with van der Waals surface area (Å²) in [4.78, 5) is 22.3. The third-order valence-electron chi connectivity index (χ3n) is 4.67. The van der Waals surface area contributed by atoms with Crippen molar-refractivity contribution < 1.29 is 19.0 Å². The minimum absolute atomic E-state index is 0.187. The fourth-order valence-corrected chi connectivity index (χ4v) is 3.36. The Morgan fingerprint density at radius 3 is 2.30 bits per heavy atom. The van der Waals surface area contributed by atoms with E-state index in [0.717, 1.165) is 0 Å². The standard InChI is InChI=1S/C22H22N4O4/c1-12(2)30-22(27)18-19-21(25-15-8-6-5-7-14(15)24-19)26(20(18)23)13-9-10-16(28-3)17(11-13)29-4/h5-12H,23H2,1-4H3. The zero-order chi connectivity index (χ0) is 21.4. The summed E-state index contributed by atoms with van der Waals surface area (Å²) < 4.78 is 17.8. The predicted molar refractivity (Wildman–Crippen MR) is 114 cm³/mol. The zero-order valence-electron chi connectivity index (χ0n) is 17.2. The molecule has 30 heavy (non-hydrogen) atoms. The van der Waals surface area contributed by atoms with Gasteiger partial charge in [0.15, 0.2) is 17.1 Å². The molecule has 0 unspecified atom stereocenters. The number of carbonyl (C=O) groups excluding carboxylic acids is 1. The van der Waals surface area contributed by atoms with Crippen LogP contribution in [0.15, 0.2) is 42.5 Å². The van der Waals surface area contributed by atoms with E-state index < -0.39 is 5.97 Å². The van der Waals surface area contributed by atoms with E-state index in [1.54, 1.807) is 44.8 Å². The molecule has 8 heteroatoms. The summed E-state index contributed by atoms with van der Waals surface area (Å²) in [5.41, 5.74) is 9.48. The van der Waals surface area contributed by atoms with Crippen LogP contribution in [0.1, 0.15) is 24.2 Å². The lowest BCUT2D eigenvalue weighted by molar-refractivity contribution is 0.0381. The Hall–Kier alpha value is -3.81. The number of hydrogen-bond acceptors (Lipinski definition) is 7. The van der Waals surface area contributed by atoms with Crippen LogP contribution in [0.4, 0.5) is 5.82 Å². The number of fused-ring (bicyclic) bond motifs is 2. The van der Waals surface area contributed by atoms with Gasteiger partial charge in [-0.25, -0.2) is 14.8 Å². The Balaban J connectivity index is 2.05. The molecule has 2 heterocycles. The van der Waals surface area contributed by atoms with E-state index in [0.29, 0.717) is 39.4 Å². The largest absolute Gasteiger partial charge is 0.493 e. The third-order valence-corrected chi connectivity index (χ3v) is 4.67. The van der Waals surface area contributed by atoms with Crippen molar-refractivity contribution in [1.82, 2.24) is 14.5 Å². The van der Waals surface area contributed by atoms with Gasteiger partial charge in [0.1, 0.15) is 16.9 Å². The molecule has 0 bridgehead atoms. The van der Waals surface area contributed by atoms with Crippen molar-refractivity contribution in [1.29, 1.82) is 0 Å². The number of benzene rings is 2. The van der Waals surface area contributed by atoms with Gasteiger partial charge < -0.3 is 19.9 Å². The van der Waals surface area contributed by atoms with Crippen LogP contribution in [-0.2, 0) is 4.74 Å². The van der Waals surface area contributed by atoms with Gasteiger partial charge in [-0.05, 0) is 38.1 Å². The smallest absolute Gasteiger partial charge is 0.344 e. The number of ether oxygens (including phenoxy) is 3. The first-order valence-corrected chi connectivity index (χ1v) is 9.44. The highest BCUT2D eigenvalue weighted by Gasteiger charge is 2.27. The van der Waals surface area contributed by atoms with Crippen molar-refractivity contribution in [3.63, 3.8) is 0 Å². The summed E-state index contributed by atoms with van der Waals surface area (Å²) in [6, 6.07) is 12.8. The van der Waals surface area contributed by atoms with Gasteiger partial charge in [0.05, 0.1) is 37.0 Å². The van der Waals surface area contributed by atoms with Crippen LogP contribution in [-0.4, -0.2) is 40.8 Å². The average molecular weight is 406 g/mol. The van der Waals surface area contributed by atoms with Gasteiger partial charge in [-0.3, -0.25) is 4.57 Å². The SMILES string of the molecule is COc1ccc(-n2c(N)c(C(=O)OC(C)C)c3nc4ccccc4nc32)cc1OC. The molecule has 8 nitrogen and oxygen atoms in total. The van der Waals surface area contributed by atoms with E-state index in [-0.39, 0.29) is 17.5 Å². The monoisotopic (exact) mass is 406 g/mol. The lowest BCUT2D eigenvalue weighted by Gasteiger charge is -2.12. The van der Waals surface area contributed by atoms with Crippen LogP contribution in [0, 0.1) is 0 Å². The first-order chi connectivity index (χ1) is 14.4. The molecular weight excluding hydrogens is 384 g/mol. The molecule has 0 atom stereocenters. The van der Waals surface area contributed by atoms with E-state index in [1.807, 2.05) is 30.3 Å². The fourth-order valence-electron chi connectivity index (χ4n) is 3.36. The van der Waals surface area contributed by atoms with E-state index in [2.05, 4.69) is 4.98 Å². The van der Waals surface area contributed by atoms with E-state index in [1.165, 1.54) is 0 Å². The molecule has 0 aliphatic heterocycles. The second-order valence-corrected chi connectivity index (χ2v) is 6.97. The predicted octanol–water partition coefficient (Wildman–Crippen LogP) is 3.74. The highest BCUT2D eigenvalue weighted by Crippen LogP contribution is 2.35. The van der Waals surface area contributed by atoms with Crippen LogP contribution in [0.5, 0.6) is 11.5 Å². The second-order valence-electron chi connectivity index (χ2n) is 6.97. The minimum Gasteiger partial charge on any atom is -0.493 e. The van der Waals surface area contributed by atoms with E-state index >= 15 is 0 Å². The van der Waals surface area contributed by atoms with Crippen molar-refractivity contribution in [2.75, 3.05) is 20.0 Å². The lowest BCUT2D eigenvalue weighted by atomic mass is 10.2. The molecular formula is C22H22N4O4. The number of esters is 1. The quantitative estimate of drug-likeness (QED) is 0.504.